The molecule has 0 fully saturated rings. The Kier molecular flexibility index (Phi) is 8.06. The van der Waals surface area contributed by atoms with Crippen LogP contribution in [-0.4, -0.2) is 36.6 Å². The maximum Gasteiger partial charge on any atom is 0.0148 e. The Balaban J connectivity index is 3.69. The SMILES string of the molecule is CCC(C)(C)N(C)CCNC(C)CCC(C)C. The van der Waals surface area contributed by atoms with Crippen LogP contribution in [0.15, 0.2) is 0 Å². The van der Waals surface area contributed by atoms with E-state index in [4.69, 9.17) is 0 Å². The first-order valence-electron chi connectivity index (χ1n) is 7.24. The Labute approximate surface area is 109 Å². The van der Waals surface area contributed by atoms with Crippen LogP contribution in [0.25, 0.3) is 0 Å². The molecule has 17 heavy (non-hydrogen) atoms. The van der Waals surface area contributed by atoms with Crippen LogP contribution in [0.5, 0.6) is 0 Å². The Bertz CT molecular complexity index is 187. The highest BCUT2D eigenvalue weighted by molar-refractivity contribution is 4.77. The molecule has 0 rings (SSSR count). The molecule has 2 heteroatoms. The van der Waals surface area contributed by atoms with Crippen molar-refractivity contribution in [2.75, 3.05) is 20.1 Å². The van der Waals surface area contributed by atoms with Gasteiger partial charge in [-0.05, 0) is 53.0 Å². The van der Waals surface area contributed by atoms with Crippen LogP contribution >= 0.6 is 0 Å². The second-order valence-corrected chi connectivity index (χ2v) is 6.41. The van der Waals surface area contributed by atoms with Gasteiger partial charge in [0.15, 0.2) is 0 Å². The standard InChI is InChI=1S/C15H34N2/c1-8-15(5,6)17(7)12-11-16-14(4)10-9-13(2)3/h13-14,16H,8-12H2,1-7H3. The van der Waals surface area contributed by atoms with E-state index in [1.54, 1.807) is 0 Å². The van der Waals surface area contributed by atoms with E-state index < -0.39 is 0 Å². The van der Waals surface area contributed by atoms with Crippen molar-refractivity contribution < 1.29 is 0 Å². The molecule has 0 aliphatic carbocycles. The Morgan fingerprint density at radius 3 is 2.18 bits per heavy atom. The average Bonchev–Trinajstić information content (AvgIpc) is 2.26. The van der Waals surface area contributed by atoms with Crippen LogP contribution in [0, 0.1) is 5.92 Å². The monoisotopic (exact) mass is 242 g/mol. The van der Waals surface area contributed by atoms with E-state index in [9.17, 15) is 0 Å². The zero-order valence-electron chi connectivity index (χ0n) is 13.1. The molecule has 2 nitrogen and oxygen atoms in total. The summed E-state index contributed by atoms with van der Waals surface area (Å²) in [6, 6.07) is 0.649. The summed E-state index contributed by atoms with van der Waals surface area (Å²) in [5, 5.41) is 3.62. The van der Waals surface area contributed by atoms with Crippen LogP contribution in [0.3, 0.4) is 0 Å². The molecule has 0 saturated heterocycles. The quantitative estimate of drug-likeness (QED) is 0.665. The first kappa shape index (κ1) is 16.9. The summed E-state index contributed by atoms with van der Waals surface area (Å²) < 4.78 is 0. The molecule has 0 amide bonds. The zero-order chi connectivity index (χ0) is 13.5. The van der Waals surface area contributed by atoms with Crippen LogP contribution in [0.4, 0.5) is 0 Å². The van der Waals surface area contributed by atoms with Gasteiger partial charge in [0.05, 0.1) is 0 Å². The van der Waals surface area contributed by atoms with Crippen molar-refractivity contribution in [1.29, 1.82) is 0 Å². The van der Waals surface area contributed by atoms with Gasteiger partial charge in [-0.2, -0.15) is 0 Å². The van der Waals surface area contributed by atoms with Gasteiger partial charge in [-0.25, -0.2) is 0 Å². The maximum atomic E-state index is 3.62. The molecule has 1 atom stereocenters. The molecule has 0 aliphatic heterocycles. The van der Waals surface area contributed by atoms with Crippen molar-refractivity contribution in [3.8, 4) is 0 Å². The van der Waals surface area contributed by atoms with Gasteiger partial charge in [0.2, 0.25) is 0 Å². The van der Waals surface area contributed by atoms with Crippen LogP contribution in [0.2, 0.25) is 0 Å². The van der Waals surface area contributed by atoms with Gasteiger partial charge in [0.1, 0.15) is 0 Å². The molecular formula is C15H34N2. The largest absolute Gasteiger partial charge is 0.313 e. The summed E-state index contributed by atoms with van der Waals surface area (Å²) in [7, 11) is 2.23. The molecule has 0 aliphatic rings. The maximum absolute atomic E-state index is 3.62. The van der Waals surface area contributed by atoms with Crippen molar-refractivity contribution in [3.63, 3.8) is 0 Å². The summed E-state index contributed by atoms with van der Waals surface area (Å²) in [6.45, 7) is 16.0. The van der Waals surface area contributed by atoms with E-state index in [-0.39, 0.29) is 0 Å². The third-order valence-corrected chi connectivity index (χ3v) is 4.02. The number of hydrogen-bond donors (Lipinski definition) is 1. The fraction of sp³-hybridized carbons (Fsp3) is 1.00. The molecule has 0 aromatic heterocycles. The number of nitrogens with one attached hydrogen (secondary N) is 1. The van der Waals surface area contributed by atoms with Gasteiger partial charge in [-0.15, -0.1) is 0 Å². The van der Waals surface area contributed by atoms with E-state index in [0.717, 1.165) is 19.0 Å². The van der Waals surface area contributed by atoms with E-state index in [1.165, 1.54) is 19.3 Å². The van der Waals surface area contributed by atoms with Gasteiger partial charge in [-0.3, -0.25) is 4.90 Å². The fourth-order valence-electron chi connectivity index (χ4n) is 1.74. The zero-order valence-corrected chi connectivity index (χ0v) is 13.1. The smallest absolute Gasteiger partial charge is 0.0148 e. The van der Waals surface area contributed by atoms with Crippen molar-refractivity contribution in [1.82, 2.24) is 10.2 Å². The first-order valence-corrected chi connectivity index (χ1v) is 7.24. The van der Waals surface area contributed by atoms with Gasteiger partial charge < -0.3 is 5.32 Å². The van der Waals surface area contributed by atoms with Gasteiger partial charge in [0.25, 0.3) is 0 Å². The van der Waals surface area contributed by atoms with Crippen LogP contribution in [-0.2, 0) is 0 Å². The van der Waals surface area contributed by atoms with Crippen LogP contribution in [0.1, 0.15) is 60.8 Å². The highest BCUT2D eigenvalue weighted by Gasteiger charge is 2.20. The van der Waals surface area contributed by atoms with Gasteiger partial charge in [0, 0.05) is 24.7 Å². The molecule has 0 spiro atoms. The lowest BCUT2D eigenvalue weighted by Gasteiger charge is -2.35. The van der Waals surface area contributed by atoms with Crippen molar-refractivity contribution in [2.24, 2.45) is 5.92 Å². The summed E-state index contributed by atoms with van der Waals surface area (Å²) >= 11 is 0. The predicted octanol–water partition coefficient (Wildman–Crippen LogP) is 3.52. The summed E-state index contributed by atoms with van der Waals surface area (Å²) in [5.41, 5.74) is 0.322. The van der Waals surface area contributed by atoms with Crippen molar-refractivity contribution >= 4 is 0 Å². The normalized spacial score (nSPS) is 14.6. The minimum absolute atomic E-state index is 0.322. The third kappa shape index (κ3) is 7.77. The Morgan fingerprint density at radius 2 is 1.71 bits per heavy atom. The minimum atomic E-state index is 0.322. The molecule has 0 bridgehead atoms. The number of nitrogens with zero attached hydrogens (tertiary/aromatic N) is 1. The summed E-state index contributed by atoms with van der Waals surface area (Å²) in [5.74, 6) is 0.820. The second-order valence-electron chi connectivity index (χ2n) is 6.41. The Morgan fingerprint density at radius 1 is 1.12 bits per heavy atom. The lowest BCUT2D eigenvalue weighted by Crippen LogP contribution is -2.44. The highest BCUT2D eigenvalue weighted by atomic mass is 15.2. The molecule has 0 aromatic rings. The summed E-state index contributed by atoms with van der Waals surface area (Å²) in [6.07, 6.45) is 3.81. The van der Waals surface area contributed by atoms with Crippen molar-refractivity contribution in [3.05, 3.63) is 0 Å². The lowest BCUT2D eigenvalue weighted by molar-refractivity contribution is 0.150. The van der Waals surface area contributed by atoms with Gasteiger partial charge in [-0.1, -0.05) is 20.8 Å². The number of likely N-dealkylation sites (N-methyl/N-ethyl adjacent to an activating group) is 1. The second kappa shape index (κ2) is 8.10. The summed E-state index contributed by atoms with van der Waals surface area (Å²) in [4.78, 5) is 2.45. The van der Waals surface area contributed by atoms with Crippen molar-refractivity contribution in [2.45, 2.75) is 72.4 Å². The fourth-order valence-corrected chi connectivity index (χ4v) is 1.74. The molecule has 104 valence electrons. The van der Waals surface area contributed by atoms with Gasteiger partial charge >= 0.3 is 0 Å². The lowest BCUT2D eigenvalue weighted by atomic mass is 10.00. The molecule has 0 aromatic carbocycles. The number of rotatable bonds is 9. The van der Waals surface area contributed by atoms with E-state index in [2.05, 4.69) is 58.8 Å². The molecule has 0 heterocycles. The Hall–Kier alpha value is -0.0800. The first-order chi connectivity index (χ1) is 7.79. The van der Waals surface area contributed by atoms with Crippen LogP contribution < -0.4 is 5.32 Å². The molecule has 0 radical (unpaired) electrons. The minimum Gasteiger partial charge on any atom is -0.313 e. The third-order valence-electron chi connectivity index (χ3n) is 4.02. The molecule has 1 unspecified atom stereocenters. The van der Waals surface area contributed by atoms with E-state index >= 15 is 0 Å². The highest BCUT2D eigenvalue weighted by Crippen LogP contribution is 2.15. The van der Waals surface area contributed by atoms with E-state index in [1.807, 2.05) is 0 Å². The molecule has 0 saturated carbocycles. The predicted molar refractivity (Wildman–Crippen MR) is 78.5 cm³/mol. The molecule has 1 N–H and O–H groups in total. The number of hydrogen-bond acceptors (Lipinski definition) is 2. The topological polar surface area (TPSA) is 15.3 Å². The molecular weight excluding hydrogens is 208 g/mol. The average molecular weight is 242 g/mol. The van der Waals surface area contributed by atoms with E-state index in [0.29, 0.717) is 11.6 Å².